The summed E-state index contributed by atoms with van der Waals surface area (Å²) in [6.07, 6.45) is 0. The van der Waals surface area contributed by atoms with E-state index in [1.165, 1.54) is 7.11 Å². The Balaban J connectivity index is 3.21. The average Bonchev–Trinajstić information content (AvgIpc) is 2.16. The lowest BCUT2D eigenvalue weighted by Crippen LogP contribution is -1.96. The van der Waals surface area contributed by atoms with Crippen molar-refractivity contribution in [3.8, 4) is 5.75 Å². The molecule has 0 aliphatic carbocycles. The second-order valence-corrected chi connectivity index (χ2v) is 3.51. The Labute approximate surface area is 89.1 Å². The van der Waals surface area contributed by atoms with Crippen LogP contribution in [0.4, 0.5) is 0 Å². The van der Waals surface area contributed by atoms with Gasteiger partial charge in [0.25, 0.3) is 0 Å². The van der Waals surface area contributed by atoms with Gasteiger partial charge in [-0.1, -0.05) is 32.7 Å². The zero-order valence-corrected chi connectivity index (χ0v) is 9.13. The summed E-state index contributed by atoms with van der Waals surface area (Å²) in [5.74, 6) is 0.553. The quantitative estimate of drug-likeness (QED) is 0.507. The van der Waals surface area contributed by atoms with Crippen LogP contribution in [0.15, 0.2) is 27.8 Å². The molecule has 0 heterocycles. The van der Waals surface area contributed by atoms with E-state index < -0.39 is 0 Å². The van der Waals surface area contributed by atoms with E-state index in [0.29, 0.717) is 11.3 Å². The van der Waals surface area contributed by atoms with Crippen molar-refractivity contribution in [3.63, 3.8) is 0 Å². The van der Waals surface area contributed by atoms with Crippen LogP contribution < -0.4 is 4.74 Å². The van der Waals surface area contributed by atoms with Crippen LogP contribution in [0.25, 0.3) is 0 Å². The maximum atomic E-state index is 8.47. The standard InChI is InChI=1S/C8H7BrClNO2/c1-13-7-4-5(9)2-3-6(7)8(10)11-12/h2-4,12H,1H3. The number of benzene rings is 1. The lowest BCUT2D eigenvalue weighted by Gasteiger charge is -2.05. The Morgan fingerprint density at radius 1 is 1.62 bits per heavy atom. The molecular weight excluding hydrogens is 257 g/mol. The molecule has 0 fully saturated rings. The number of nitrogens with zero attached hydrogens (tertiary/aromatic N) is 1. The van der Waals surface area contributed by atoms with E-state index in [2.05, 4.69) is 21.1 Å². The third-order valence-electron chi connectivity index (χ3n) is 1.47. The molecule has 0 spiro atoms. The average molecular weight is 265 g/mol. The Morgan fingerprint density at radius 3 is 2.85 bits per heavy atom. The monoisotopic (exact) mass is 263 g/mol. The number of halogens is 2. The van der Waals surface area contributed by atoms with E-state index in [0.717, 1.165) is 4.47 Å². The van der Waals surface area contributed by atoms with Gasteiger partial charge in [-0.25, -0.2) is 0 Å². The highest BCUT2D eigenvalue weighted by molar-refractivity contribution is 9.10. The fraction of sp³-hybridized carbons (Fsp3) is 0.125. The molecule has 0 bridgehead atoms. The molecule has 13 heavy (non-hydrogen) atoms. The zero-order valence-electron chi connectivity index (χ0n) is 6.79. The first-order chi connectivity index (χ1) is 6.19. The maximum absolute atomic E-state index is 8.47. The van der Waals surface area contributed by atoms with Crippen LogP contribution in [-0.4, -0.2) is 17.5 Å². The number of hydrogen-bond acceptors (Lipinski definition) is 3. The van der Waals surface area contributed by atoms with Crippen molar-refractivity contribution in [2.75, 3.05) is 7.11 Å². The minimum Gasteiger partial charge on any atom is -0.496 e. The molecule has 1 N–H and O–H groups in total. The molecule has 0 radical (unpaired) electrons. The zero-order chi connectivity index (χ0) is 9.84. The van der Waals surface area contributed by atoms with Crippen LogP contribution in [-0.2, 0) is 0 Å². The second kappa shape index (κ2) is 4.48. The SMILES string of the molecule is COc1cc(Br)ccc1C(Cl)=NO. The summed E-state index contributed by atoms with van der Waals surface area (Å²) < 4.78 is 5.91. The van der Waals surface area contributed by atoms with Crippen LogP contribution in [0, 0.1) is 0 Å². The minimum atomic E-state index is 0.00403. The van der Waals surface area contributed by atoms with Crippen LogP contribution in [0.2, 0.25) is 0 Å². The van der Waals surface area contributed by atoms with Crippen molar-refractivity contribution >= 4 is 32.7 Å². The molecule has 1 aromatic carbocycles. The summed E-state index contributed by atoms with van der Waals surface area (Å²) in [6.45, 7) is 0. The third-order valence-corrected chi connectivity index (χ3v) is 2.25. The molecule has 0 aromatic heterocycles. The maximum Gasteiger partial charge on any atom is 0.179 e. The number of ether oxygens (including phenoxy) is 1. The first-order valence-electron chi connectivity index (χ1n) is 3.40. The van der Waals surface area contributed by atoms with Crippen LogP contribution in [0.3, 0.4) is 0 Å². The van der Waals surface area contributed by atoms with Gasteiger partial charge in [-0.3, -0.25) is 0 Å². The lowest BCUT2D eigenvalue weighted by atomic mass is 10.2. The van der Waals surface area contributed by atoms with Gasteiger partial charge in [0.05, 0.1) is 12.7 Å². The van der Waals surface area contributed by atoms with Gasteiger partial charge in [0.1, 0.15) is 5.75 Å². The first kappa shape index (κ1) is 10.3. The van der Waals surface area contributed by atoms with Gasteiger partial charge in [-0.05, 0) is 18.2 Å². The van der Waals surface area contributed by atoms with E-state index in [9.17, 15) is 0 Å². The lowest BCUT2D eigenvalue weighted by molar-refractivity contribution is 0.320. The predicted octanol–water partition coefficient (Wildman–Crippen LogP) is 2.83. The van der Waals surface area contributed by atoms with E-state index in [4.69, 9.17) is 21.5 Å². The van der Waals surface area contributed by atoms with Gasteiger partial charge in [0.15, 0.2) is 5.17 Å². The molecule has 0 amide bonds. The summed E-state index contributed by atoms with van der Waals surface area (Å²) in [7, 11) is 1.52. The van der Waals surface area contributed by atoms with Crippen LogP contribution >= 0.6 is 27.5 Å². The molecule has 70 valence electrons. The third kappa shape index (κ3) is 2.35. The molecule has 1 aromatic rings. The van der Waals surface area contributed by atoms with Gasteiger partial charge in [-0.15, -0.1) is 0 Å². The highest BCUT2D eigenvalue weighted by Gasteiger charge is 2.08. The van der Waals surface area contributed by atoms with Gasteiger partial charge in [-0.2, -0.15) is 0 Å². The fourth-order valence-corrected chi connectivity index (χ4v) is 1.39. The number of methoxy groups -OCH3 is 1. The second-order valence-electron chi connectivity index (χ2n) is 2.24. The van der Waals surface area contributed by atoms with E-state index in [-0.39, 0.29) is 5.17 Å². The highest BCUT2D eigenvalue weighted by Crippen LogP contribution is 2.24. The summed E-state index contributed by atoms with van der Waals surface area (Å²) in [4.78, 5) is 0. The largest absolute Gasteiger partial charge is 0.496 e. The molecule has 0 aliphatic heterocycles. The summed E-state index contributed by atoms with van der Waals surface area (Å²) in [6, 6.07) is 5.22. The van der Waals surface area contributed by atoms with Crippen molar-refractivity contribution in [1.82, 2.24) is 0 Å². The predicted molar refractivity (Wildman–Crippen MR) is 54.9 cm³/mol. The molecule has 0 aliphatic rings. The van der Waals surface area contributed by atoms with Gasteiger partial charge in [0, 0.05) is 4.47 Å². The highest BCUT2D eigenvalue weighted by atomic mass is 79.9. The van der Waals surface area contributed by atoms with Crippen molar-refractivity contribution in [2.45, 2.75) is 0 Å². The summed E-state index contributed by atoms with van der Waals surface area (Å²) >= 11 is 8.91. The molecule has 0 saturated heterocycles. The summed E-state index contributed by atoms with van der Waals surface area (Å²) in [5.41, 5.74) is 0.551. The van der Waals surface area contributed by atoms with Gasteiger partial charge < -0.3 is 9.94 Å². The first-order valence-corrected chi connectivity index (χ1v) is 4.57. The molecule has 0 saturated carbocycles. The number of oxime groups is 1. The number of rotatable bonds is 2. The minimum absolute atomic E-state index is 0.00403. The normalized spacial score (nSPS) is 11.5. The van der Waals surface area contributed by atoms with Crippen LogP contribution in [0.1, 0.15) is 5.56 Å². The van der Waals surface area contributed by atoms with E-state index >= 15 is 0 Å². The molecule has 3 nitrogen and oxygen atoms in total. The Kier molecular flexibility index (Phi) is 3.57. The molecule has 0 atom stereocenters. The fourth-order valence-electron chi connectivity index (χ4n) is 0.889. The molecule has 1 rings (SSSR count). The summed E-state index contributed by atoms with van der Waals surface area (Å²) in [5, 5.41) is 11.4. The van der Waals surface area contributed by atoms with Crippen molar-refractivity contribution in [1.29, 1.82) is 0 Å². The Bertz CT molecular complexity index is 341. The smallest absolute Gasteiger partial charge is 0.179 e. The Hall–Kier alpha value is -0.740. The van der Waals surface area contributed by atoms with E-state index in [1.807, 2.05) is 0 Å². The topological polar surface area (TPSA) is 41.8 Å². The molecule has 0 unspecified atom stereocenters. The van der Waals surface area contributed by atoms with Crippen molar-refractivity contribution in [2.24, 2.45) is 5.16 Å². The molecule has 5 heteroatoms. The number of hydrogen-bond donors (Lipinski definition) is 1. The van der Waals surface area contributed by atoms with E-state index in [1.54, 1.807) is 18.2 Å². The van der Waals surface area contributed by atoms with Crippen molar-refractivity contribution in [3.05, 3.63) is 28.2 Å². The van der Waals surface area contributed by atoms with Crippen LogP contribution in [0.5, 0.6) is 5.75 Å². The Morgan fingerprint density at radius 2 is 2.31 bits per heavy atom. The van der Waals surface area contributed by atoms with Gasteiger partial charge >= 0.3 is 0 Å². The van der Waals surface area contributed by atoms with Gasteiger partial charge in [0.2, 0.25) is 0 Å². The molecular formula is C8H7BrClNO2. The van der Waals surface area contributed by atoms with Crippen molar-refractivity contribution < 1.29 is 9.94 Å².